The molecule has 102 valence electrons. The van der Waals surface area contributed by atoms with Crippen LogP contribution in [0.15, 0.2) is 30.3 Å². The van der Waals surface area contributed by atoms with Crippen LogP contribution in [0.4, 0.5) is 5.82 Å². The third-order valence-electron chi connectivity index (χ3n) is 2.50. The summed E-state index contributed by atoms with van der Waals surface area (Å²) < 4.78 is 10.7. The van der Waals surface area contributed by atoms with Gasteiger partial charge >= 0.3 is 0 Å². The monoisotopic (exact) mass is 270 g/mol. The first-order valence-electron chi connectivity index (χ1n) is 5.98. The van der Waals surface area contributed by atoms with Gasteiger partial charge in [-0.3, -0.25) is 0 Å². The minimum Gasteiger partial charge on any atom is -0.437 e. The molecule has 0 saturated heterocycles. The Morgan fingerprint density at radius 3 is 2.80 bits per heavy atom. The van der Waals surface area contributed by atoms with Gasteiger partial charge in [0.15, 0.2) is 5.82 Å². The number of rotatable bonds is 5. The zero-order chi connectivity index (χ0) is 14.4. The summed E-state index contributed by atoms with van der Waals surface area (Å²) in [6.07, 6.45) is 0. The summed E-state index contributed by atoms with van der Waals surface area (Å²) in [5, 5.41) is 12.0. The van der Waals surface area contributed by atoms with Gasteiger partial charge in [0, 0.05) is 20.2 Å². The van der Waals surface area contributed by atoms with Gasteiger partial charge in [0.25, 0.3) is 0 Å². The number of nitrogens with zero attached hydrogens (tertiary/aromatic N) is 3. The Hall–Kier alpha value is -2.65. The second kappa shape index (κ2) is 6.50. The van der Waals surface area contributed by atoms with E-state index in [2.05, 4.69) is 21.4 Å². The van der Waals surface area contributed by atoms with Crippen LogP contribution in [0.5, 0.6) is 11.6 Å². The molecule has 6 heteroatoms. The van der Waals surface area contributed by atoms with Crippen LogP contribution in [0.25, 0.3) is 0 Å². The number of aromatic nitrogens is 2. The van der Waals surface area contributed by atoms with E-state index in [-0.39, 0.29) is 6.61 Å². The third kappa shape index (κ3) is 3.22. The normalized spacial score (nSPS) is 9.85. The summed E-state index contributed by atoms with van der Waals surface area (Å²) in [5.41, 5.74) is 0.449. The number of nitrogens with one attached hydrogen (secondary N) is 1. The SMILES string of the molecule is CNc1cc(Oc2ccccc2C#N)nc(COC)n1. The number of benzene rings is 1. The number of hydrogen-bond donors (Lipinski definition) is 1. The van der Waals surface area contributed by atoms with Crippen molar-refractivity contribution >= 4 is 5.82 Å². The lowest BCUT2D eigenvalue weighted by Gasteiger charge is -2.09. The average molecular weight is 270 g/mol. The molecule has 1 N–H and O–H groups in total. The van der Waals surface area contributed by atoms with E-state index >= 15 is 0 Å². The largest absolute Gasteiger partial charge is 0.437 e. The van der Waals surface area contributed by atoms with Gasteiger partial charge in [-0.1, -0.05) is 12.1 Å². The molecule has 0 atom stereocenters. The molecule has 0 amide bonds. The van der Waals surface area contributed by atoms with Crippen LogP contribution in [0, 0.1) is 11.3 Å². The number of para-hydroxylation sites is 1. The molecular formula is C14H14N4O2. The van der Waals surface area contributed by atoms with E-state index in [0.29, 0.717) is 28.8 Å². The number of nitriles is 1. The van der Waals surface area contributed by atoms with Gasteiger partial charge in [-0.2, -0.15) is 10.2 Å². The van der Waals surface area contributed by atoms with Gasteiger partial charge < -0.3 is 14.8 Å². The van der Waals surface area contributed by atoms with Gasteiger partial charge in [0.2, 0.25) is 5.88 Å². The smallest absolute Gasteiger partial charge is 0.224 e. The highest BCUT2D eigenvalue weighted by atomic mass is 16.5. The first-order valence-corrected chi connectivity index (χ1v) is 5.98. The first kappa shape index (κ1) is 13.8. The van der Waals surface area contributed by atoms with Crippen LogP contribution in [0.3, 0.4) is 0 Å². The summed E-state index contributed by atoms with van der Waals surface area (Å²) in [6.45, 7) is 0.284. The van der Waals surface area contributed by atoms with Crippen molar-refractivity contribution in [3.05, 3.63) is 41.7 Å². The van der Waals surface area contributed by atoms with E-state index in [0.717, 1.165) is 0 Å². The van der Waals surface area contributed by atoms with E-state index in [1.807, 2.05) is 0 Å². The van der Waals surface area contributed by atoms with Crippen LogP contribution in [0.2, 0.25) is 0 Å². The molecule has 0 radical (unpaired) electrons. The van der Waals surface area contributed by atoms with Gasteiger partial charge in [-0.25, -0.2) is 4.98 Å². The highest BCUT2D eigenvalue weighted by Crippen LogP contribution is 2.24. The second-order valence-corrected chi connectivity index (χ2v) is 3.90. The number of anilines is 1. The number of methoxy groups -OCH3 is 1. The average Bonchev–Trinajstić information content (AvgIpc) is 2.48. The third-order valence-corrected chi connectivity index (χ3v) is 2.50. The van der Waals surface area contributed by atoms with Crippen molar-refractivity contribution in [2.45, 2.75) is 6.61 Å². The molecule has 0 spiro atoms. The molecule has 6 nitrogen and oxygen atoms in total. The fourth-order valence-electron chi connectivity index (χ4n) is 1.61. The van der Waals surface area contributed by atoms with Crippen LogP contribution < -0.4 is 10.1 Å². The fraction of sp³-hybridized carbons (Fsp3) is 0.214. The first-order chi connectivity index (χ1) is 9.76. The molecule has 2 rings (SSSR count). The Morgan fingerprint density at radius 1 is 1.30 bits per heavy atom. The summed E-state index contributed by atoms with van der Waals surface area (Å²) in [4.78, 5) is 8.47. The molecule has 1 heterocycles. The molecule has 0 aliphatic carbocycles. The topological polar surface area (TPSA) is 80.1 Å². The Kier molecular flexibility index (Phi) is 4.47. The standard InChI is InChI=1S/C14H14N4O2/c1-16-12-7-14(18-13(17-12)9-19-2)20-11-6-4-3-5-10(11)8-15/h3-7H,9H2,1-2H3,(H,16,17,18). The molecular weight excluding hydrogens is 256 g/mol. The molecule has 1 aromatic carbocycles. The lowest BCUT2D eigenvalue weighted by Crippen LogP contribution is -2.03. The van der Waals surface area contributed by atoms with Crippen LogP contribution in [-0.2, 0) is 11.3 Å². The van der Waals surface area contributed by atoms with E-state index in [4.69, 9.17) is 14.7 Å². The van der Waals surface area contributed by atoms with E-state index in [1.54, 1.807) is 44.5 Å². The minimum atomic E-state index is 0.284. The Morgan fingerprint density at radius 2 is 2.10 bits per heavy atom. The van der Waals surface area contributed by atoms with Crippen molar-refractivity contribution in [1.29, 1.82) is 5.26 Å². The lowest BCUT2D eigenvalue weighted by molar-refractivity contribution is 0.177. The predicted molar refractivity (Wildman–Crippen MR) is 73.5 cm³/mol. The van der Waals surface area contributed by atoms with Crippen molar-refractivity contribution in [2.24, 2.45) is 0 Å². The molecule has 2 aromatic rings. The summed E-state index contributed by atoms with van der Waals surface area (Å²) in [5.74, 6) is 1.94. The van der Waals surface area contributed by atoms with Crippen LogP contribution in [0.1, 0.15) is 11.4 Å². The van der Waals surface area contributed by atoms with Gasteiger partial charge in [0.1, 0.15) is 24.2 Å². The van der Waals surface area contributed by atoms with Crippen molar-refractivity contribution in [2.75, 3.05) is 19.5 Å². The van der Waals surface area contributed by atoms with Crippen molar-refractivity contribution in [3.63, 3.8) is 0 Å². The van der Waals surface area contributed by atoms with Crippen LogP contribution >= 0.6 is 0 Å². The van der Waals surface area contributed by atoms with Gasteiger partial charge in [0.05, 0.1) is 5.56 Å². The maximum absolute atomic E-state index is 9.04. The molecule has 0 bridgehead atoms. The van der Waals surface area contributed by atoms with Crippen molar-refractivity contribution < 1.29 is 9.47 Å². The lowest BCUT2D eigenvalue weighted by atomic mass is 10.2. The molecule has 20 heavy (non-hydrogen) atoms. The molecule has 0 unspecified atom stereocenters. The maximum atomic E-state index is 9.04. The second-order valence-electron chi connectivity index (χ2n) is 3.90. The maximum Gasteiger partial charge on any atom is 0.224 e. The predicted octanol–water partition coefficient (Wildman–Crippen LogP) is 2.33. The molecule has 0 saturated carbocycles. The van der Waals surface area contributed by atoms with E-state index in [9.17, 15) is 0 Å². The van der Waals surface area contributed by atoms with Crippen molar-refractivity contribution in [3.8, 4) is 17.7 Å². The summed E-state index contributed by atoms with van der Waals surface area (Å²) in [6, 6.07) is 10.7. The van der Waals surface area contributed by atoms with Crippen molar-refractivity contribution in [1.82, 2.24) is 9.97 Å². The highest BCUT2D eigenvalue weighted by Gasteiger charge is 2.08. The fourth-order valence-corrected chi connectivity index (χ4v) is 1.61. The zero-order valence-electron chi connectivity index (χ0n) is 11.3. The number of hydrogen-bond acceptors (Lipinski definition) is 6. The Labute approximate surface area is 117 Å². The van der Waals surface area contributed by atoms with Gasteiger partial charge in [-0.05, 0) is 12.1 Å². The highest BCUT2D eigenvalue weighted by molar-refractivity contribution is 5.45. The Balaban J connectivity index is 2.33. The molecule has 0 fully saturated rings. The van der Waals surface area contributed by atoms with E-state index < -0.39 is 0 Å². The van der Waals surface area contributed by atoms with Gasteiger partial charge in [-0.15, -0.1) is 0 Å². The van der Waals surface area contributed by atoms with E-state index in [1.165, 1.54) is 0 Å². The minimum absolute atomic E-state index is 0.284. The molecule has 0 aliphatic rings. The quantitative estimate of drug-likeness (QED) is 0.898. The van der Waals surface area contributed by atoms with Crippen LogP contribution in [-0.4, -0.2) is 24.1 Å². The molecule has 0 aliphatic heterocycles. The number of ether oxygens (including phenoxy) is 2. The zero-order valence-corrected chi connectivity index (χ0v) is 11.3. The Bertz CT molecular complexity index is 637. The molecule has 1 aromatic heterocycles. The summed E-state index contributed by atoms with van der Waals surface area (Å²) >= 11 is 0. The summed E-state index contributed by atoms with van der Waals surface area (Å²) in [7, 11) is 3.33.